The van der Waals surface area contributed by atoms with E-state index in [0.29, 0.717) is 152 Å². The number of hydrogen-bond acceptors (Lipinski definition) is 23. The van der Waals surface area contributed by atoms with Crippen LogP contribution in [0, 0.1) is 20.2 Å². The summed E-state index contributed by atoms with van der Waals surface area (Å²) >= 11 is 8.10. The summed E-state index contributed by atoms with van der Waals surface area (Å²) in [5, 5.41) is 40.2. The van der Waals surface area contributed by atoms with Gasteiger partial charge >= 0.3 is 0 Å². The zero-order valence-corrected chi connectivity index (χ0v) is 72.6. The average Bonchev–Trinajstić information content (AvgIpc) is 1.21. The van der Waals surface area contributed by atoms with Gasteiger partial charge in [-0.1, -0.05) is 84.6 Å². The molecular weight excluding hydrogens is 1820 g/mol. The van der Waals surface area contributed by atoms with Gasteiger partial charge < -0.3 is 84.6 Å². The van der Waals surface area contributed by atoms with Gasteiger partial charge in [0.25, 0.3) is 27.9 Å². The number of nitrogens with one attached hydrogen (secondary N) is 6. The molecule has 0 aliphatic heterocycles. The summed E-state index contributed by atoms with van der Waals surface area (Å²) in [4.78, 5) is 138. The Bertz CT molecular complexity index is 5410. The molecule has 9 aromatic rings. The molecule has 3 aliphatic rings. The van der Waals surface area contributed by atoms with E-state index in [4.69, 9.17) is 69.6 Å². The molecule has 0 fully saturated rings. The Hall–Kier alpha value is -12.8. The molecule has 9 aromatic carbocycles. The van der Waals surface area contributed by atoms with Crippen LogP contribution in [-0.4, -0.2) is 115 Å². The van der Waals surface area contributed by atoms with E-state index in [1.165, 1.54) is 112 Å². The summed E-state index contributed by atoms with van der Waals surface area (Å²) in [6.07, 6.45) is 3.32. The van der Waals surface area contributed by atoms with Crippen LogP contribution in [0.3, 0.4) is 0 Å². The van der Waals surface area contributed by atoms with Gasteiger partial charge in [-0.25, -0.2) is 0 Å². The minimum atomic E-state index is -1.50. The number of anilines is 3. The van der Waals surface area contributed by atoms with Gasteiger partial charge in [0, 0.05) is 86.8 Å². The first-order valence-corrected chi connectivity index (χ1v) is 39.3. The number of benzene rings is 6. The van der Waals surface area contributed by atoms with Crippen LogP contribution in [0.5, 0.6) is 51.7 Å². The van der Waals surface area contributed by atoms with E-state index >= 15 is 0 Å². The van der Waals surface area contributed by atoms with Crippen molar-refractivity contribution in [1.29, 1.82) is 0 Å². The monoisotopic (exact) mass is 1910 g/mol. The van der Waals surface area contributed by atoms with Crippen LogP contribution in [-0.2, 0) is 77.8 Å². The van der Waals surface area contributed by atoms with Crippen LogP contribution in [0.1, 0.15) is 147 Å². The summed E-state index contributed by atoms with van der Waals surface area (Å²) in [5.41, 5.74) is 11.3. The van der Waals surface area contributed by atoms with Gasteiger partial charge in [-0.15, -0.1) is 31.8 Å². The second-order valence-electron chi connectivity index (χ2n) is 27.2. The second kappa shape index (κ2) is 45.2. The number of hydrogen-bond donors (Lipinski definition) is 7. The number of methoxy groups -OCH3 is 9. The largest absolute Gasteiger partial charge is 0.493 e. The number of fused-ring (bicyclic) bond motifs is 9. The van der Waals surface area contributed by atoms with E-state index in [0.717, 1.165) is 43.4 Å². The Morgan fingerprint density at radius 2 is 0.691 bits per heavy atom. The molecule has 0 spiro atoms. The first kappa shape index (κ1) is 97.3. The Balaban J connectivity index is 0.000000246. The first-order valence-electron chi connectivity index (χ1n) is 37.3. The number of amides is 6. The molecule has 0 saturated carbocycles. The number of nitrogens with zero attached hydrogens (tertiary/aromatic N) is 2. The molecule has 0 unspecified atom stereocenters. The average molecular weight is 1920 g/mol. The van der Waals surface area contributed by atoms with Gasteiger partial charge in [0.15, 0.2) is 34.5 Å². The summed E-state index contributed by atoms with van der Waals surface area (Å²) in [6.45, 7) is 4.04. The van der Waals surface area contributed by atoms with Crippen LogP contribution in [0.4, 0.5) is 17.1 Å². The summed E-state index contributed by atoms with van der Waals surface area (Å²) in [6, 6.07) is 38.6. The van der Waals surface area contributed by atoms with Crippen molar-refractivity contribution in [3.8, 4) is 85.1 Å². The maximum Gasteiger partial charge on any atom is 0.294 e. The van der Waals surface area contributed by atoms with Gasteiger partial charge in [0.05, 0.1) is 99.2 Å². The number of aryl methyl sites for hydroxylation is 3. The van der Waals surface area contributed by atoms with Crippen molar-refractivity contribution < 1.29 is 114 Å². The van der Waals surface area contributed by atoms with Crippen molar-refractivity contribution in [2.45, 2.75) is 102 Å². The van der Waals surface area contributed by atoms with E-state index in [1.807, 2.05) is 30.3 Å². The predicted molar refractivity (Wildman–Crippen MR) is 466 cm³/mol. The van der Waals surface area contributed by atoms with E-state index in [2.05, 4.69) is 59.3 Å². The summed E-state index contributed by atoms with van der Waals surface area (Å²) in [5.74, 6) is 2.37. The maximum absolute atomic E-state index is 13.4. The maximum atomic E-state index is 13.4. The van der Waals surface area contributed by atoms with Gasteiger partial charge in [-0.2, -0.15) is 0 Å². The summed E-state index contributed by atoms with van der Waals surface area (Å²) in [7, 11) is 13.8. The predicted octanol–water partition coefficient (Wildman–Crippen LogP) is 14.0. The fourth-order valence-corrected chi connectivity index (χ4v) is 15.1. The molecule has 7 N–H and O–H groups in total. The molecule has 0 bridgehead atoms. The van der Waals surface area contributed by atoms with E-state index in [9.17, 15) is 53.3 Å². The Labute approximate surface area is 741 Å². The molecular formula is C88H92AgClIN8O24. The topological polar surface area (TPSA) is 425 Å². The zero-order chi connectivity index (χ0) is 88.1. The normalized spacial score (nSPS) is 13.3. The zero-order valence-electron chi connectivity index (χ0n) is 68.2. The smallest absolute Gasteiger partial charge is 0.294 e. The van der Waals surface area contributed by atoms with Crippen molar-refractivity contribution in [3.63, 3.8) is 0 Å². The number of halogens is 2. The molecule has 3 aliphatic carbocycles. The Morgan fingerprint density at radius 3 is 0.927 bits per heavy atom. The third-order valence-electron chi connectivity index (χ3n) is 19.8. The third kappa shape index (κ3) is 23.7. The van der Waals surface area contributed by atoms with Crippen LogP contribution in [0.15, 0.2) is 160 Å². The third-order valence-corrected chi connectivity index (χ3v) is 21.0. The van der Waals surface area contributed by atoms with Crippen molar-refractivity contribution in [2.75, 3.05) is 79.9 Å². The molecule has 653 valence electrons. The molecule has 0 heterocycles. The van der Waals surface area contributed by atoms with E-state index in [1.54, 1.807) is 88.1 Å². The van der Waals surface area contributed by atoms with Crippen molar-refractivity contribution in [2.24, 2.45) is 0 Å². The molecule has 32 nitrogen and oxygen atoms in total. The van der Waals surface area contributed by atoms with Crippen LogP contribution in [0.25, 0.3) is 33.4 Å². The van der Waals surface area contributed by atoms with Crippen molar-refractivity contribution in [3.05, 3.63) is 263 Å². The molecule has 6 amide bonds. The fraction of sp³-hybridized carbons (Fsp3) is 0.284. The van der Waals surface area contributed by atoms with Gasteiger partial charge in [-0.3, -0.25) is 43.2 Å². The number of carbonyl (C=O) groups excluding carboxylic acids is 6. The number of ether oxygens (including phenoxy) is 9. The fourth-order valence-electron chi connectivity index (χ4n) is 14.4. The number of rotatable bonds is 23. The van der Waals surface area contributed by atoms with Crippen LogP contribution in [0.2, 0.25) is 0 Å². The minimum Gasteiger partial charge on any atom is -0.493 e. The molecule has 123 heavy (non-hydrogen) atoms. The summed E-state index contributed by atoms with van der Waals surface area (Å²) < 4.78 is 51.7. The molecule has 0 aromatic heterocycles. The van der Waals surface area contributed by atoms with Crippen molar-refractivity contribution >= 4 is 86.7 Å². The van der Waals surface area contributed by atoms with Gasteiger partial charge in [-0.05, 0) is 196 Å². The molecule has 12 rings (SSSR count). The first-order chi connectivity index (χ1) is 58.0. The van der Waals surface area contributed by atoms with Gasteiger partial charge in [0.2, 0.25) is 51.3 Å². The van der Waals surface area contributed by atoms with Crippen molar-refractivity contribution in [1.82, 2.24) is 16.0 Å². The Kier molecular flexibility index (Phi) is 35.7. The second-order valence-corrected chi connectivity index (χ2v) is 28.3. The quantitative estimate of drug-likeness (QED) is 0.0103. The molecule has 0 saturated heterocycles. The SMILES string of the molecule is C.COc1cc2c(c(OC)c1OC)-c1ccc(NC(=O)c3ccc(CCl)cc3)c(=O)cc1[C@@H](NC(C)=O)CC2.COc1cc2c(c(OC)c1OC)-c1ccc(NC(=O)c3ccc(CI)cc3)c(=O)cc1[C@@H](NC(C)=O)CC2.COc1cc2c(c(OC)c1OC)-c1ccc(NC(=O)c3ccc(CO[N+](=O)[O-])cc3)c(=O)cc1[C@@H](NC(C)=O)CC2.O=[N+]([O-])O.[Ag]. The van der Waals surface area contributed by atoms with Crippen LogP contribution < -0.4 is 90.8 Å². The molecule has 1 radical (unpaired) electrons. The van der Waals surface area contributed by atoms with E-state index in [-0.39, 0.29) is 88.1 Å². The van der Waals surface area contributed by atoms with Gasteiger partial charge in [0.1, 0.15) is 6.61 Å². The minimum absolute atomic E-state index is 0. The number of carbonyl (C=O) groups is 6. The number of alkyl halides is 2. The van der Waals surface area contributed by atoms with Crippen LogP contribution >= 0.6 is 34.2 Å². The standard InChI is InChI=1S/C29H29ClN2O6.C29H29IN2O6.C29H29N3O9.CH4.Ag.HNO3/c2*1-16(33)31-22-11-9-19-13-25(36-2)27(37-3)28(38-4)26(19)20-10-12-23(24(34)14-21(20)22)32-29(35)18-7-5-17(15-30)6-8-18;1-16(33)30-22-11-9-19-13-25(38-2)27(39-3)28(40-4)26(19)20-10-12-23(24(34)14-21(20)22)31-29(35)18-7-5-17(6-8-18)15-41-32(36)37;;;2-1(3)4/h2*5-8,10,12-14,22H,9,11,15H2,1-4H3,(H,31,33)(H,32,34,35);5-8,10,12-14,22H,9,11,15H2,1-4H3,(H,30,33)(H,31,34,35);1H4;;(H,2,3,4)/t3*22-;;;/m000.../s1. The Morgan fingerprint density at radius 1 is 0.423 bits per heavy atom. The van der Waals surface area contributed by atoms with E-state index < -0.39 is 51.0 Å². The molecule has 35 heteroatoms. The molecule has 3 atom stereocenters.